The van der Waals surface area contributed by atoms with E-state index in [9.17, 15) is 4.79 Å². The molecule has 0 bridgehead atoms. The smallest absolute Gasteiger partial charge is 0.305 e. The minimum Gasteiger partial charge on any atom is -0.481 e. The van der Waals surface area contributed by atoms with E-state index in [1.165, 1.54) is 32.1 Å². The molecule has 0 amide bonds. The van der Waals surface area contributed by atoms with Crippen LogP contribution in [0.4, 0.5) is 0 Å². The Hall–Kier alpha value is -0.610. The Labute approximate surface area is 111 Å². The van der Waals surface area contributed by atoms with Gasteiger partial charge in [0.1, 0.15) is 0 Å². The first-order valence-corrected chi connectivity index (χ1v) is 7.03. The lowest BCUT2D eigenvalue weighted by Crippen LogP contribution is -2.19. The van der Waals surface area contributed by atoms with Gasteiger partial charge in [0, 0.05) is 7.11 Å². The van der Waals surface area contributed by atoms with E-state index in [0.717, 1.165) is 12.8 Å². The third kappa shape index (κ3) is 11.9. The summed E-state index contributed by atoms with van der Waals surface area (Å²) in [4.78, 5) is 10.3. The molecule has 1 N–H and O–H groups in total. The number of carboxylic acids is 1. The summed E-state index contributed by atoms with van der Waals surface area (Å²) in [6.45, 7) is 2.99. The fraction of sp³-hybridized carbons (Fsp3) is 0.929. The lowest BCUT2D eigenvalue weighted by molar-refractivity contribution is -0.138. The number of carboxylic acid groups (broad SMARTS) is 1. The van der Waals surface area contributed by atoms with Crippen LogP contribution >= 0.6 is 0 Å². The monoisotopic (exact) mass is 260 g/mol. The maximum atomic E-state index is 10.3. The standard InChI is InChI=1S/C14H28O4/c1-3-4-5-6-7-8-9-13(17-2)12-18-11-10-14(15)16/h13H,3-12H2,1-2H3,(H,15,16). The molecule has 0 rings (SSSR count). The van der Waals surface area contributed by atoms with Crippen molar-refractivity contribution < 1.29 is 19.4 Å². The Morgan fingerprint density at radius 2 is 1.83 bits per heavy atom. The van der Waals surface area contributed by atoms with Crippen LogP contribution < -0.4 is 0 Å². The zero-order valence-corrected chi connectivity index (χ0v) is 11.8. The Balaban J connectivity index is 3.37. The number of unbranched alkanes of at least 4 members (excludes halogenated alkanes) is 5. The molecule has 0 aliphatic heterocycles. The van der Waals surface area contributed by atoms with Crippen molar-refractivity contribution in [3.8, 4) is 0 Å². The van der Waals surface area contributed by atoms with Gasteiger partial charge < -0.3 is 14.6 Å². The van der Waals surface area contributed by atoms with Gasteiger partial charge in [-0.1, -0.05) is 45.4 Å². The molecule has 0 radical (unpaired) electrons. The summed E-state index contributed by atoms with van der Waals surface area (Å²) in [5.41, 5.74) is 0. The molecule has 4 nitrogen and oxygen atoms in total. The molecule has 0 aromatic rings. The normalized spacial score (nSPS) is 12.6. The van der Waals surface area contributed by atoms with Crippen molar-refractivity contribution in [2.45, 2.75) is 64.4 Å². The predicted molar refractivity (Wildman–Crippen MR) is 71.9 cm³/mol. The van der Waals surface area contributed by atoms with Crippen LogP contribution in [0, 0.1) is 0 Å². The Bertz CT molecular complexity index is 194. The van der Waals surface area contributed by atoms with E-state index < -0.39 is 5.97 Å². The van der Waals surface area contributed by atoms with Crippen molar-refractivity contribution in [3.63, 3.8) is 0 Å². The molecule has 0 saturated carbocycles. The quantitative estimate of drug-likeness (QED) is 0.516. The van der Waals surface area contributed by atoms with E-state index in [2.05, 4.69) is 6.92 Å². The fourth-order valence-electron chi connectivity index (χ4n) is 1.80. The minimum absolute atomic E-state index is 0.0629. The molecule has 0 aliphatic carbocycles. The highest BCUT2D eigenvalue weighted by Gasteiger charge is 2.07. The zero-order valence-electron chi connectivity index (χ0n) is 11.8. The molecule has 0 spiro atoms. The van der Waals surface area contributed by atoms with Crippen LogP contribution in [-0.2, 0) is 14.3 Å². The van der Waals surface area contributed by atoms with Crippen molar-refractivity contribution >= 4 is 5.97 Å². The van der Waals surface area contributed by atoms with E-state index in [4.69, 9.17) is 14.6 Å². The Kier molecular flexibility index (Phi) is 12.4. The highest BCUT2D eigenvalue weighted by atomic mass is 16.5. The van der Waals surface area contributed by atoms with Gasteiger partial charge >= 0.3 is 5.97 Å². The van der Waals surface area contributed by atoms with E-state index in [-0.39, 0.29) is 19.1 Å². The van der Waals surface area contributed by atoms with Crippen LogP contribution in [-0.4, -0.2) is 37.5 Å². The molecule has 0 saturated heterocycles. The van der Waals surface area contributed by atoms with Crippen molar-refractivity contribution in [3.05, 3.63) is 0 Å². The molecule has 1 atom stereocenters. The van der Waals surface area contributed by atoms with Crippen molar-refractivity contribution in [2.24, 2.45) is 0 Å². The summed E-state index contributed by atoms with van der Waals surface area (Å²) in [6, 6.07) is 0. The van der Waals surface area contributed by atoms with Crippen molar-refractivity contribution in [2.75, 3.05) is 20.3 Å². The zero-order chi connectivity index (χ0) is 13.6. The van der Waals surface area contributed by atoms with Crippen LogP contribution in [0.15, 0.2) is 0 Å². The minimum atomic E-state index is -0.820. The number of rotatable bonds is 13. The molecule has 108 valence electrons. The van der Waals surface area contributed by atoms with Crippen LogP contribution in [0.5, 0.6) is 0 Å². The molecule has 0 fully saturated rings. The topological polar surface area (TPSA) is 55.8 Å². The van der Waals surface area contributed by atoms with Gasteiger partial charge in [0.05, 0.1) is 25.7 Å². The molecule has 4 heteroatoms. The largest absolute Gasteiger partial charge is 0.481 e. The highest BCUT2D eigenvalue weighted by molar-refractivity contribution is 5.66. The van der Waals surface area contributed by atoms with Gasteiger partial charge in [-0.15, -0.1) is 0 Å². The average Bonchev–Trinajstić information content (AvgIpc) is 2.35. The third-order valence-corrected chi connectivity index (χ3v) is 2.98. The molecule has 0 aromatic carbocycles. The lowest BCUT2D eigenvalue weighted by atomic mass is 10.1. The molecule has 0 aromatic heterocycles. The average molecular weight is 260 g/mol. The summed E-state index contributed by atoms with van der Waals surface area (Å²) in [7, 11) is 1.68. The van der Waals surface area contributed by atoms with Gasteiger partial charge in [-0.25, -0.2) is 0 Å². The summed E-state index contributed by atoms with van der Waals surface area (Å²) in [5, 5.41) is 8.47. The van der Waals surface area contributed by atoms with Crippen LogP contribution in [0.25, 0.3) is 0 Å². The van der Waals surface area contributed by atoms with E-state index in [0.29, 0.717) is 6.61 Å². The van der Waals surface area contributed by atoms with E-state index >= 15 is 0 Å². The fourth-order valence-corrected chi connectivity index (χ4v) is 1.80. The van der Waals surface area contributed by atoms with Crippen LogP contribution in [0.1, 0.15) is 58.3 Å². The maximum absolute atomic E-state index is 10.3. The first-order chi connectivity index (χ1) is 8.70. The van der Waals surface area contributed by atoms with E-state index in [1.54, 1.807) is 7.11 Å². The van der Waals surface area contributed by atoms with Gasteiger partial charge in [-0.3, -0.25) is 4.79 Å². The first kappa shape index (κ1) is 17.4. The molecule has 0 aliphatic rings. The Morgan fingerprint density at radius 1 is 1.17 bits per heavy atom. The second-order valence-corrected chi connectivity index (χ2v) is 4.63. The highest BCUT2D eigenvalue weighted by Crippen LogP contribution is 2.10. The summed E-state index contributed by atoms with van der Waals surface area (Å²) < 4.78 is 10.6. The maximum Gasteiger partial charge on any atom is 0.305 e. The van der Waals surface area contributed by atoms with Crippen LogP contribution in [0.3, 0.4) is 0 Å². The molecule has 0 heterocycles. The second kappa shape index (κ2) is 12.8. The molecular weight excluding hydrogens is 232 g/mol. The number of methoxy groups -OCH3 is 1. The molecule has 18 heavy (non-hydrogen) atoms. The summed E-state index contributed by atoms with van der Waals surface area (Å²) >= 11 is 0. The molecule has 1 unspecified atom stereocenters. The SMILES string of the molecule is CCCCCCCCC(COCCC(=O)O)OC. The van der Waals surface area contributed by atoms with Gasteiger partial charge in [0.15, 0.2) is 0 Å². The third-order valence-electron chi connectivity index (χ3n) is 2.98. The van der Waals surface area contributed by atoms with Gasteiger partial charge in [0.25, 0.3) is 0 Å². The van der Waals surface area contributed by atoms with Crippen LogP contribution in [0.2, 0.25) is 0 Å². The van der Waals surface area contributed by atoms with Gasteiger partial charge in [0.2, 0.25) is 0 Å². The number of hydrogen-bond donors (Lipinski definition) is 1. The summed E-state index contributed by atoms with van der Waals surface area (Å²) in [5.74, 6) is -0.820. The van der Waals surface area contributed by atoms with Crippen molar-refractivity contribution in [1.82, 2.24) is 0 Å². The second-order valence-electron chi connectivity index (χ2n) is 4.63. The first-order valence-electron chi connectivity index (χ1n) is 7.03. The number of carbonyl (C=O) groups is 1. The van der Waals surface area contributed by atoms with Crippen molar-refractivity contribution in [1.29, 1.82) is 0 Å². The number of ether oxygens (including phenoxy) is 2. The summed E-state index contributed by atoms with van der Waals surface area (Å²) in [6.07, 6.45) is 8.78. The van der Waals surface area contributed by atoms with E-state index in [1.807, 2.05) is 0 Å². The van der Waals surface area contributed by atoms with Gasteiger partial charge in [-0.2, -0.15) is 0 Å². The predicted octanol–water partition coefficient (Wildman–Crippen LogP) is 3.24. The lowest BCUT2D eigenvalue weighted by Gasteiger charge is -2.15. The molecular formula is C14H28O4. The number of hydrogen-bond acceptors (Lipinski definition) is 3. The Morgan fingerprint density at radius 3 is 2.44 bits per heavy atom. The van der Waals surface area contributed by atoms with Gasteiger partial charge in [-0.05, 0) is 6.42 Å². The number of aliphatic carboxylic acids is 1.